The van der Waals surface area contributed by atoms with E-state index in [1.54, 1.807) is 0 Å². The van der Waals surface area contributed by atoms with Gasteiger partial charge in [0.2, 0.25) is 0 Å². The number of imidazole rings is 1. The normalized spacial score (nSPS) is 16.2. The summed E-state index contributed by atoms with van der Waals surface area (Å²) in [5, 5.41) is 9.30. The van der Waals surface area contributed by atoms with Gasteiger partial charge in [-0.1, -0.05) is 0 Å². The average Bonchev–Trinajstić information content (AvgIpc) is 2.55. The lowest BCUT2D eigenvalue weighted by Crippen LogP contribution is -2.35. The van der Waals surface area contributed by atoms with Gasteiger partial charge < -0.3 is 15.4 Å². The van der Waals surface area contributed by atoms with E-state index in [-0.39, 0.29) is 12.1 Å². The number of aromatic nitrogens is 2. The lowest BCUT2D eigenvalue weighted by molar-refractivity contribution is 0.275. The minimum Gasteiger partial charge on any atom is -0.390 e. The maximum Gasteiger partial charge on any atom is 0.111 e. The molecule has 0 saturated carbocycles. The summed E-state index contributed by atoms with van der Waals surface area (Å²) in [4.78, 5) is 4.53. The molecule has 0 spiro atoms. The molecule has 0 aliphatic carbocycles. The predicted molar refractivity (Wildman–Crippen MR) is 63.1 cm³/mol. The third-order valence-electron chi connectivity index (χ3n) is 3.04. The number of fused-ring (bicyclic) bond motifs is 1. The van der Waals surface area contributed by atoms with Gasteiger partial charge >= 0.3 is 0 Å². The SMILES string of the molecule is CC(C)(N)Cc1nc(CO)c2n1CCCC2. The smallest absolute Gasteiger partial charge is 0.111 e. The molecule has 0 amide bonds. The molecule has 0 aromatic carbocycles. The van der Waals surface area contributed by atoms with Gasteiger partial charge in [-0.15, -0.1) is 0 Å². The lowest BCUT2D eigenvalue weighted by atomic mass is 10.0. The zero-order valence-electron chi connectivity index (χ0n) is 10.2. The van der Waals surface area contributed by atoms with Crippen molar-refractivity contribution in [2.45, 2.75) is 58.2 Å². The molecule has 0 radical (unpaired) electrons. The van der Waals surface area contributed by atoms with E-state index in [0.717, 1.165) is 30.9 Å². The van der Waals surface area contributed by atoms with Crippen molar-refractivity contribution in [2.75, 3.05) is 0 Å². The maximum atomic E-state index is 9.30. The van der Waals surface area contributed by atoms with Gasteiger partial charge in [0.25, 0.3) is 0 Å². The minimum absolute atomic E-state index is 0.0420. The molecule has 1 aliphatic rings. The van der Waals surface area contributed by atoms with Crippen molar-refractivity contribution in [3.05, 3.63) is 17.2 Å². The molecule has 0 unspecified atom stereocenters. The third kappa shape index (κ3) is 2.28. The van der Waals surface area contributed by atoms with Gasteiger partial charge in [-0.25, -0.2) is 4.98 Å². The second-order valence-corrected chi connectivity index (χ2v) is 5.35. The highest BCUT2D eigenvalue weighted by molar-refractivity contribution is 5.19. The fourth-order valence-electron chi connectivity index (χ4n) is 2.37. The van der Waals surface area contributed by atoms with Gasteiger partial charge in [0.15, 0.2) is 0 Å². The molecule has 0 fully saturated rings. The van der Waals surface area contributed by atoms with Crippen molar-refractivity contribution < 1.29 is 5.11 Å². The van der Waals surface area contributed by atoms with Crippen LogP contribution in [0.2, 0.25) is 0 Å². The van der Waals surface area contributed by atoms with E-state index in [4.69, 9.17) is 5.73 Å². The Morgan fingerprint density at radius 1 is 1.44 bits per heavy atom. The second kappa shape index (κ2) is 4.18. The number of hydrogen-bond donors (Lipinski definition) is 2. The molecule has 1 aromatic rings. The number of rotatable bonds is 3. The topological polar surface area (TPSA) is 64.1 Å². The van der Waals surface area contributed by atoms with Crippen molar-refractivity contribution in [2.24, 2.45) is 5.73 Å². The summed E-state index contributed by atoms with van der Waals surface area (Å²) in [5.41, 5.74) is 7.85. The first kappa shape index (κ1) is 11.6. The van der Waals surface area contributed by atoms with Crippen molar-refractivity contribution in [3.8, 4) is 0 Å². The molecule has 3 N–H and O–H groups in total. The molecule has 0 saturated heterocycles. The second-order valence-electron chi connectivity index (χ2n) is 5.35. The van der Waals surface area contributed by atoms with Crippen LogP contribution in [0.3, 0.4) is 0 Å². The van der Waals surface area contributed by atoms with Crippen LogP contribution < -0.4 is 5.73 Å². The zero-order chi connectivity index (χ0) is 11.8. The lowest BCUT2D eigenvalue weighted by Gasteiger charge is -2.21. The van der Waals surface area contributed by atoms with Gasteiger partial charge in [-0.05, 0) is 33.1 Å². The van der Waals surface area contributed by atoms with Crippen LogP contribution >= 0.6 is 0 Å². The Kier molecular flexibility index (Phi) is 3.04. The summed E-state index contributed by atoms with van der Waals surface area (Å²) in [6.45, 7) is 5.08. The summed E-state index contributed by atoms with van der Waals surface area (Å²) in [5.74, 6) is 1.03. The standard InChI is InChI=1S/C12H21N3O/c1-12(2,13)7-11-14-9(8-16)10-5-3-4-6-15(10)11/h16H,3-8,13H2,1-2H3. The Morgan fingerprint density at radius 3 is 2.81 bits per heavy atom. The molecule has 1 aliphatic heterocycles. The molecule has 4 nitrogen and oxygen atoms in total. The monoisotopic (exact) mass is 223 g/mol. The Balaban J connectivity index is 2.34. The number of aliphatic hydroxyl groups excluding tert-OH is 1. The van der Waals surface area contributed by atoms with Gasteiger partial charge in [0.1, 0.15) is 5.82 Å². The van der Waals surface area contributed by atoms with Crippen LogP contribution in [0.1, 0.15) is 43.9 Å². The number of aliphatic hydroxyl groups is 1. The molecule has 4 heteroatoms. The highest BCUT2D eigenvalue weighted by atomic mass is 16.3. The first-order valence-corrected chi connectivity index (χ1v) is 5.98. The van der Waals surface area contributed by atoms with Crippen LogP contribution in [0.15, 0.2) is 0 Å². The Bertz CT molecular complexity index is 376. The Hall–Kier alpha value is -0.870. The molecule has 0 bridgehead atoms. The highest BCUT2D eigenvalue weighted by Gasteiger charge is 2.22. The maximum absolute atomic E-state index is 9.30. The summed E-state index contributed by atoms with van der Waals surface area (Å²) >= 11 is 0. The van der Waals surface area contributed by atoms with Gasteiger partial charge in [-0.3, -0.25) is 0 Å². The fourth-order valence-corrected chi connectivity index (χ4v) is 2.37. The van der Waals surface area contributed by atoms with E-state index >= 15 is 0 Å². The largest absolute Gasteiger partial charge is 0.390 e. The molecule has 0 atom stereocenters. The van der Waals surface area contributed by atoms with E-state index in [1.807, 2.05) is 13.8 Å². The first-order valence-electron chi connectivity index (χ1n) is 5.98. The van der Waals surface area contributed by atoms with E-state index in [2.05, 4.69) is 9.55 Å². The molecule has 16 heavy (non-hydrogen) atoms. The van der Waals surface area contributed by atoms with Gasteiger partial charge in [0.05, 0.1) is 12.3 Å². The van der Waals surface area contributed by atoms with Crippen LogP contribution in [-0.2, 0) is 26.0 Å². The minimum atomic E-state index is -0.244. The molecular formula is C12H21N3O. The fraction of sp³-hybridized carbons (Fsp3) is 0.750. The molecule has 2 heterocycles. The summed E-state index contributed by atoms with van der Waals surface area (Å²) < 4.78 is 2.25. The van der Waals surface area contributed by atoms with E-state index in [0.29, 0.717) is 0 Å². The van der Waals surface area contributed by atoms with E-state index in [9.17, 15) is 5.11 Å². The van der Waals surface area contributed by atoms with E-state index < -0.39 is 0 Å². The van der Waals surface area contributed by atoms with Crippen molar-refractivity contribution in [3.63, 3.8) is 0 Å². The van der Waals surface area contributed by atoms with Crippen molar-refractivity contribution in [1.29, 1.82) is 0 Å². The van der Waals surface area contributed by atoms with Crippen molar-refractivity contribution in [1.82, 2.24) is 9.55 Å². The number of nitrogens with two attached hydrogens (primary N) is 1. The quantitative estimate of drug-likeness (QED) is 0.803. The number of nitrogens with zero attached hydrogens (tertiary/aromatic N) is 2. The predicted octanol–water partition coefficient (Wildman–Crippen LogP) is 0.991. The third-order valence-corrected chi connectivity index (χ3v) is 3.04. The zero-order valence-corrected chi connectivity index (χ0v) is 10.2. The average molecular weight is 223 g/mol. The van der Waals surface area contributed by atoms with Crippen LogP contribution in [-0.4, -0.2) is 20.2 Å². The van der Waals surface area contributed by atoms with Gasteiger partial charge in [-0.2, -0.15) is 0 Å². The van der Waals surface area contributed by atoms with Crippen LogP contribution in [0.5, 0.6) is 0 Å². The Morgan fingerprint density at radius 2 is 2.19 bits per heavy atom. The summed E-state index contributed by atoms with van der Waals surface area (Å²) in [6, 6.07) is 0. The van der Waals surface area contributed by atoms with E-state index in [1.165, 1.54) is 18.5 Å². The Labute approximate surface area is 96.5 Å². The summed E-state index contributed by atoms with van der Waals surface area (Å²) in [6.07, 6.45) is 4.20. The number of hydrogen-bond acceptors (Lipinski definition) is 3. The molecule has 90 valence electrons. The van der Waals surface area contributed by atoms with Crippen LogP contribution in [0, 0.1) is 0 Å². The van der Waals surface area contributed by atoms with Gasteiger partial charge in [0, 0.05) is 24.2 Å². The summed E-state index contributed by atoms with van der Waals surface area (Å²) in [7, 11) is 0. The molecular weight excluding hydrogens is 202 g/mol. The van der Waals surface area contributed by atoms with Crippen LogP contribution in [0.4, 0.5) is 0 Å². The van der Waals surface area contributed by atoms with Crippen LogP contribution in [0.25, 0.3) is 0 Å². The first-order chi connectivity index (χ1) is 7.51. The molecule has 2 rings (SSSR count). The highest BCUT2D eigenvalue weighted by Crippen LogP contribution is 2.22. The van der Waals surface area contributed by atoms with Crippen molar-refractivity contribution >= 4 is 0 Å². The molecule has 1 aromatic heterocycles.